The van der Waals surface area contributed by atoms with Crippen LogP contribution in [-0.4, -0.2) is 30.6 Å². The van der Waals surface area contributed by atoms with Crippen molar-refractivity contribution >= 4 is 12.0 Å². The zero-order valence-corrected chi connectivity index (χ0v) is 19.5. The van der Waals surface area contributed by atoms with Gasteiger partial charge >= 0.3 is 0 Å². The predicted molar refractivity (Wildman–Crippen MR) is 132 cm³/mol. The van der Waals surface area contributed by atoms with Crippen LogP contribution >= 0.6 is 0 Å². The summed E-state index contributed by atoms with van der Waals surface area (Å²) >= 11 is 0. The number of aryl methyl sites for hydroxylation is 1. The van der Waals surface area contributed by atoms with Crippen molar-refractivity contribution in [1.29, 1.82) is 0 Å². The minimum Gasteiger partial charge on any atom is -0.371 e. The number of benzene rings is 1. The smallest absolute Gasteiger partial charge is 0.256 e. The van der Waals surface area contributed by atoms with Crippen molar-refractivity contribution < 1.29 is 20.5 Å². The fraction of sp³-hybridized carbons (Fsp3) is 0.333. The lowest BCUT2D eigenvalue weighted by Gasteiger charge is -2.38. The van der Waals surface area contributed by atoms with Gasteiger partial charge in [-0.3, -0.25) is 4.79 Å². The average molecular weight is 442 g/mol. The second-order valence-electron chi connectivity index (χ2n) is 7.43. The summed E-state index contributed by atoms with van der Waals surface area (Å²) in [4.78, 5) is 11.2. The van der Waals surface area contributed by atoms with Crippen LogP contribution in [0.4, 0.5) is 4.39 Å². The topological polar surface area (TPSA) is 72.6 Å². The van der Waals surface area contributed by atoms with Crippen LogP contribution < -0.4 is 5.73 Å². The van der Waals surface area contributed by atoms with Crippen molar-refractivity contribution in [2.24, 2.45) is 11.7 Å². The number of aliphatic hydroxyl groups is 1. The van der Waals surface area contributed by atoms with Gasteiger partial charge in [-0.15, -0.1) is 13.2 Å². The molecule has 2 aliphatic rings. The van der Waals surface area contributed by atoms with Crippen LogP contribution in [0.5, 0.6) is 0 Å². The summed E-state index contributed by atoms with van der Waals surface area (Å²) in [5.74, 6) is 5.43. The van der Waals surface area contributed by atoms with Crippen LogP contribution in [0.2, 0.25) is 0 Å². The van der Waals surface area contributed by atoms with Crippen molar-refractivity contribution in [3.63, 3.8) is 0 Å². The van der Waals surface area contributed by atoms with E-state index in [1.54, 1.807) is 19.9 Å². The Morgan fingerprint density at radius 1 is 1.31 bits per heavy atom. The van der Waals surface area contributed by atoms with E-state index in [2.05, 4.69) is 73.2 Å². The number of aliphatic hydroxyl groups excluding tert-OH is 1. The summed E-state index contributed by atoms with van der Waals surface area (Å²) in [6, 6.07) is 8.28. The number of alkyl halides is 1. The molecule has 32 heavy (non-hydrogen) atoms. The van der Waals surface area contributed by atoms with Gasteiger partial charge < -0.3 is 15.6 Å². The van der Waals surface area contributed by atoms with Crippen LogP contribution in [0.25, 0.3) is 6.08 Å². The number of carbonyl (C=O) groups excluding carboxylic acids is 1. The van der Waals surface area contributed by atoms with Crippen LogP contribution in [0.15, 0.2) is 72.5 Å². The lowest BCUT2D eigenvalue weighted by molar-refractivity contribution is -0.114. The van der Waals surface area contributed by atoms with Gasteiger partial charge in [-0.05, 0) is 51.2 Å². The molecule has 5 heteroatoms. The van der Waals surface area contributed by atoms with Gasteiger partial charge in [-0.1, -0.05) is 60.1 Å². The maximum Gasteiger partial charge on any atom is 0.256 e. The second-order valence-corrected chi connectivity index (χ2v) is 7.43. The molecule has 3 N–H and O–H groups in total. The van der Waals surface area contributed by atoms with Crippen LogP contribution in [0.3, 0.4) is 0 Å². The number of nitrogens with two attached hydrogens (primary N) is 1. The number of halogens is 1. The van der Waals surface area contributed by atoms with E-state index < -0.39 is 11.6 Å². The maximum absolute atomic E-state index is 13.4. The van der Waals surface area contributed by atoms with E-state index in [1.165, 1.54) is 18.2 Å². The highest BCUT2D eigenvalue weighted by Crippen LogP contribution is 2.44. The molecule has 4 nitrogen and oxygen atoms in total. The Hall–Kier alpha value is -3.16. The molecule has 1 amide bonds. The standard InChI is InChI=1S/C14H14FNO.C9H10.C2H6O2.C2H4.H2/c1-9-3-4-10(6-11(5-9)13(16)17)12-7-14(2,15)8-12;1-3-9-6-4-8(2)5-7-9;1-4-2-3;1-2;/h6,12H,7-8H2,1-2H3,(H2,16,17);3-7H,1H2,2H3;3H,2H2,1H3;1-2H2;1H. The number of hydrogen-bond donors (Lipinski definition) is 2. The first-order valence-corrected chi connectivity index (χ1v) is 10.1. The van der Waals surface area contributed by atoms with Gasteiger partial charge in [0.1, 0.15) is 12.5 Å². The minimum atomic E-state index is -1.10. The molecule has 0 bridgehead atoms. The predicted octanol–water partition coefficient (Wildman–Crippen LogP) is 5.29. The summed E-state index contributed by atoms with van der Waals surface area (Å²) in [6.07, 6.45) is 4.41. The van der Waals surface area contributed by atoms with Crippen LogP contribution in [0, 0.1) is 24.7 Å². The highest BCUT2D eigenvalue weighted by atomic mass is 19.1. The largest absolute Gasteiger partial charge is 0.371 e. The van der Waals surface area contributed by atoms with Crippen molar-refractivity contribution in [2.75, 3.05) is 13.9 Å². The molecule has 174 valence electrons. The minimum absolute atomic E-state index is 0. The van der Waals surface area contributed by atoms with Crippen LogP contribution in [-0.2, 0) is 9.53 Å². The van der Waals surface area contributed by atoms with E-state index in [-0.39, 0.29) is 14.1 Å². The molecule has 1 aromatic carbocycles. The molecule has 0 heterocycles. The Balaban J connectivity index is 0. The van der Waals surface area contributed by atoms with Crippen LogP contribution in [0.1, 0.15) is 39.2 Å². The molecular formula is C27H36FNO3. The Labute approximate surface area is 193 Å². The molecule has 1 fully saturated rings. The monoisotopic (exact) mass is 441 g/mol. The third-order valence-electron chi connectivity index (χ3n) is 4.51. The van der Waals surface area contributed by atoms with E-state index in [9.17, 15) is 9.18 Å². The number of methoxy groups -OCH3 is 1. The Morgan fingerprint density at radius 3 is 2.25 bits per heavy atom. The molecule has 0 radical (unpaired) electrons. The molecule has 1 aromatic rings. The third kappa shape index (κ3) is 10.7. The van der Waals surface area contributed by atoms with Crippen molar-refractivity contribution in [1.82, 2.24) is 0 Å². The summed E-state index contributed by atoms with van der Waals surface area (Å²) in [5.41, 5.74) is 11.2. The number of hydrogen-bond acceptors (Lipinski definition) is 3. The molecule has 0 unspecified atom stereocenters. The SMILES string of the molecule is C=C.C=Cc1ccc(C)cc1.CC1=C=C(C(N)=O)C=C(C2CC(C)(F)C2)C#C1.COCO.[HH]. The second kappa shape index (κ2) is 14.8. The molecular weight excluding hydrogens is 405 g/mol. The molecule has 0 spiro atoms. The van der Waals surface area contributed by atoms with E-state index >= 15 is 0 Å². The zero-order chi connectivity index (χ0) is 24.7. The summed E-state index contributed by atoms with van der Waals surface area (Å²) in [7, 11) is 1.43. The molecule has 0 aliphatic heterocycles. The van der Waals surface area contributed by atoms with E-state index in [0.717, 1.165) is 5.57 Å². The molecule has 0 saturated heterocycles. The first-order valence-electron chi connectivity index (χ1n) is 10.1. The average Bonchev–Trinajstić information content (AvgIpc) is 2.96. The van der Waals surface area contributed by atoms with E-state index in [0.29, 0.717) is 24.0 Å². The van der Waals surface area contributed by atoms with Gasteiger partial charge in [0.05, 0.1) is 5.57 Å². The summed E-state index contributed by atoms with van der Waals surface area (Å²) < 4.78 is 17.5. The molecule has 3 rings (SSSR count). The lowest BCUT2D eigenvalue weighted by Crippen LogP contribution is -2.37. The van der Waals surface area contributed by atoms with Gasteiger partial charge in [0.2, 0.25) is 0 Å². The fourth-order valence-electron chi connectivity index (χ4n) is 2.87. The number of allylic oxidation sites excluding steroid dienone is 1. The highest BCUT2D eigenvalue weighted by Gasteiger charge is 2.42. The van der Waals surface area contributed by atoms with Gasteiger partial charge in [-0.2, -0.15) is 0 Å². The highest BCUT2D eigenvalue weighted by molar-refractivity contribution is 5.95. The maximum atomic E-state index is 13.4. The van der Waals surface area contributed by atoms with Gasteiger partial charge in [0.15, 0.2) is 0 Å². The number of rotatable bonds is 4. The molecule has 2 aliphatic carbocycles. The molecule has 0 aromatic heterocycles. The zero-order valence-electron chi connectivity index (χ0n) is 19.5. The number of carbonyl (C=O) groups is 1. The lowest BCUT2D eigenvalue weighted by atomic mass is 9.69. The summed E-state index contributed by atoms with van der Waals surface area (Å²) in [5, 5.41) is 7.65. The molecule has 1 saturated carbocycles. The molecule has 0 atom stereocenters. The van der Waals surface area contributed by atoms with Crippen molar-refractivity contribution in [3.05, 3.63) is 83.7 Å². The fourth-order valence-corrected chi connectivity index (χ4v) is 2.87. The van der Waals surface area contributed by atoms with Gasteiger partial charge in [0, 0.05) is 19.7 Å². The van der Waals surface area contributed by atoms with Crippen molar-refractivity contribution in [3.8, 4) is 11.8 Å². The Kier molecular flexibility index (Phi) is 13.3. The normalized spacial score (nSPS) is 20.1. The number of primary amides is 1. The van der Waals surface area contributed by atoms with E-state index in [4.69, 9.17) is 10.8 Å². The Bertz CT molecular complexity index is 920. The van der Waals surface area contributed by atoms with E-state index in [1.807, 2.05) is 6.08 Å². The number of ether oxygens (including phenoxy) is 1. The quantitative estimate of drug-likeness (QED) is 0.288. The number of amides is 1. The van der Waals surface area contributed by atoms with Gasteiger partial charge in [-0.25, -0.2) is 4.39 Å². The third-order valence-corrected chi connectivity index (χ3v) is 4.51. The first kappa shape index (κ1) is 28.8. The van der Waals surface area contributed by atoms with Gasteiger partial charge in [0.25, 0.3) is 5.91 Å². The first-order chi connectivity index (χ1) is 15.1. The summed E-state index contributed by atoms with van der Waals surface area (Å²) in [6.45, 7) is 14.9. The Morgan fingerprint density at radius 2 is 1.84 bits per heavy atom. The van der Waals surface area contributed by atoms with Crippen molar-refractivity contribution in [2.45, 2.75) is 39.3 Å².